The average molecular weight is 557 g/mol. The Morgan fingerprint density at radius 3 is 2.34 bits per heavy atom. The normalized spacial score (nSPS) is 45.2. The maximum absolute atomic E-state index is 14.6. The number of Topliss-reactive ketones (excluding diaryl/α,β-unsaturated/α-hetero) is 1. The first-order valence-corrected chi connectivity index (χ1v) is 16.5. The first kappa shape index (κ1) is 27.6. The highest BCUT2D eigenvalue weighted by Gasteiger charge is 2.72. The number of amides is 1. The molecule has 1 aliphatic heterocycles. The molecule has 0 aromatic carbocycles. The molecule has 0 bridgehead atoms. The molecule has 5 nitrogen and oxygen atoms in total. The van der Waals surface area contributed by atoms with E-state index in [0.717, 1.165) is 83.7 Å². The zero-order chi connectivity index (χ0) is 29.2. The summed E-state index contributed by atoms with van der Waals surface area (Å²) in [6.07, 6.45) is 15.8. The van der Waals surface area contributed by atoms with Gasteiger partial charge in [-0.3, -0.25) is 14.4 Å². The summed E-state index contributed by atoms with van der Waals surface area (Å²) in [5.74, 6) is 1.06. The van der Waals surface area contributed by atoms with Gasteiger partial charge < -0.3 is 4.90 Å². The number of carbonyl (C=O) groups excluding carboxylic acids is 3. The smallest absolute Gasteiger partial charge is 0.222 e. The van der Waals surface area contributed by atoms with Crippen LogP contribution in [0.1, 0.15) is 112 Å². The maximum Gasteiger partial charge on any atom is 0.222 e. The van der Waals surface area contributed by atoms with Crippen LogP contribution >= 0.6 is 0 Å². The van der Waals surface area contributed by atoms with Gasteiger partial charge in [-0.15, -0.1) is 0 Å². The summed E-state index contributed by atoms with van der Waals surface area (Å²) >= 11 is 0. The second kappa shape index (κ2) is 8.45. The Labute approximate surface area is 246 Å². The van der Waals surface area contributed by atoms with E-state index in [4.69, 9.17) is 0 Å². The molecule has 1 amide bonds. The molecule has 7 rings (SSSR count). The zero-order valence-electron chi connectivity index (χ0n) is 25.9. The summed E-state index contributed by atoms with van der Waals surface area (Å²) in [6.45, 7) is 13.6. The molecular formula is C36H48N2O3. The van der Waals surface area contributed by atoms with Gasteiger partial charge in [-0.2, -0.15) is 5.26 Å². The second-order valence-electron chi connectivity index (χ2n) is 16.8. The van der Waals surface area contributed by atoms with Crippen molar-refractivity contribution in [3.63, 3.8) is 0 Å². The molecule has 1 heterocycles. The number of allylic oxidation sites excluding steroid dienone is 4. The summed E-state index contributed by atoms with van der Waals surface area (Å²) < 4.78 is 0. The van der Waals surface area contributed by atoms with Crippen LogP contribution in [0.4, 0.5) is 0 Å². The van der Waals surface area contributed by atoms with Crippen molar-refractivity contribution in [2.45, 2.75) is 112 Å². The van der Waals surface area contributed by atoms with Crippen LogP contribution in [-0.2, 0) is 14.4 Å². The van der Waals surface area contributed by atoms with E-state index in [1.807, 2.05) is 17.1 Å². The highest BCUT2D eigenvalue weighted by atomic mass is 16.2. The maximum atomic E-state index is 14.6. The Morgan fingerprint density at radius 1 is 1.00 bits per heavy atom. The van der Waals surface area contributed by atoms with Crippen LogP contribution in [0.2, 0.25) is 0 Å². The molecule has 5 heteroatoms. The fraction of sp³-hybridized carbons (Fsp3) is 0.778. The molecule has 0 aromatic heterocycles. The van der Waals surface area contributed by atoms with Gasteiger partial charge in [0.2, 0.25) is 5.91 Å². The van der Waals surface area contributed by atoms with E-state index in [-0.39, 0.29) is 51.0 Å². The Morgan fingerprint density at radius 2 is 1.71 bits per heavy atom. The monoisotopic (exact) mass is 556 g/mol. The molecule has 7 aliphatic rings. The number of ketones is 2. The van der Waals surface area contributed by atoms with Crippen LogP contribution in [0, 0.1) is 61.6 Å². The minimum atomic E-state index is -0.434. The molecule has 41 heavy (non-hydrogen) atoms. The van der Waals surface area contributed by atoms with Gasteiger partial charge in [0.05, 0.1) is 5.57 Å². The van der Waals surface area contributed by atoms with Crippen molar-refractivity contribution in [2.75, 3.05) is 13.1 Å². The van der Waals surface area contributed by atoms with Gasteiger partial charge in [-0.05, 0) is 110 Å². The van der Waals surface area contributed by atoms with Gasteiger partial charge in [0.15, 0.2) is 11.6 Å². The number of nitriles is 1. The predicted octanol–water partition coefficient (Wildman–Crippen LogP) is 6.97. The number of hydrogen-bond donors (Lipinski definition) is 0. The number of hydrogen-bond acceptors (Lipinski definition) is 4. The summed E-state index contributed by atoms with van der Waals surface area (Å²) in [6, 6.07) is 2.25. The molecular weight excluding hydrogens is 508 g/mol. The lowest BCUT2D eigenvalue weighted by Crippen LogP contribution is -2.64. The number of carbonyl (C=O) groups is 3. The fourth-order valence-electron chi connectivity index (χ4n) is 11.6. The minimum Gasteiger partial charge on any atom is -0.343 e. The minimum absolute atomic E-state index is 0.0386. The van der Waals surface area contributed by atoms with Crippen molar-refractivity contribution < 1.29 is 14.4 Å². The first-order chi connectivity index (χ1) is 19.3. The highest BCUT2D eigenvalue weighted by molar-refractivity contribution is 6.06. The van der Waals surface area contributed by atoms with E-state index in [2.05, 4.69) is 40.7 Å². The van der Waals surface area contributed by atoms with Crippen LogP contribution in [0.25, 0.3) is 0 Å². The predicted molar refractivity (Wildman–Crippen MR) is 157 cm³/mol. The molecule has 0 radical (unpaired) electrons. The topological polar surface area (TPSA) is 78.2 Å². The molecule has 7 atom stereocenters. The van der Waals surface area contributed by atoms with Crippen LogP contribution in [0.15, 0.2) is 23.3 Å². The molecule has 1 saturated heterocycles. The Hall–Kier alpha value is -2.22. The molecule has 0 aromatic rings. The first-order valence-electron chi connectivity index (χ1n) is 16.5. The molecule has 220 valence electrons. The molecule has 6 aliphatic carbocycles. The van der Waals surface area contributed by atoms with Gasteiger partial charge >= 0.3 is 0 Å². The zero-order valence-corrected chi connectivity index (χ0v) is 25.9. The summed E-state index contributed by atoms with van der Waals surface area (Å²) in [5.41, 5.74) is 0.597. The largest absolute Gasteiger partial charge is 0.343 e. The van der Waals surface area contributed by atoms with Crippen molar-refractivity contribution in [2.24, 2.45) is 50.2 Å². The average Bonchev–Trinajstić information content (AvgIpc) is 3.67. The van der Waals surface area contributed by atoms with Gasteiger partial charge in [-0.1, -0.05) is 46.3 Å². The van der Waals surface area contributed by atoms with E-state index in [9.17, 15) is 19.6 Å². The number of nitrogens with zero attached hydrogens (tertiary/aromatic N) is 2. The number of fused-ring (bicyclic) bond motifs is 8. The molecule has 1 spiro atoms. The number of rotatable bonds is 3. The third kappa shape index (κ3) is 3.49. The Bertz CT molecular complexity index is 1340. The molecule has 5 fully saturated rings. The molecule has 4 saturated carbocycles. The van der Waals surface area contributed by atoms with E-state index < -0.39 is 10.8 Å². The quantitative estimate of drug-likeness (QED) is 0.376. The van der Waals surface area contributed by atoms with Crippen LogP contribution < -0.4 is 0 Å². The van der Waals surface area contributed by atoms with E-state index in [1.54, 1.807) is 0 Å². The third-order valence-corrected chi connectivity index (χ3v) is 14.5. The lowest BCUT2D eigenvalue weighted by molar-refractivity contribution is -0.172. The van der Waals surface area contributed by atoms with Crippen LogP contribution in [-0.4, -0.2) is 35.5 Å². The summed E-state index contributed by atoms with van der Waals surface area (Å²) in [5, 5.41) is 9.97. The Kier molecular flexibility index (Phi) is 5.69. The van der Waals surface area contributed by atoms with Crippen LogP contribution in [0.5, 0.6) is 0 Å². The van der Waals surface area contributed by atoms with Crippen molar-refractivity contribution in [3.8, 4) is 6.07 Å². The Balaban J connectivity index is 1.30. The van der Waals surface area contributed by atoms with E-state index in [1.165, 1.54) is 5.57 Å². The van der Waals surface area contributed by atoms with Crippen molar-refractivity contribution in [1.82, 2.24) is 4.90 Å². The number of likely N-dealkylation sites (tertiary alicyclic amines) is 1. The van der Waals surface area contributed by atoms with Gasteiger partial charge in [-0.25, -0.2) is 0 Å². The van der Waals surface area contributed by atoms with E-state index in [0.29, 0.717) is 17.9 Å². The second-order valence-corrected chi connectivity index (χ2v) is 16.8. The van der Waals surface area contributed by atoms with Crippen LogP contribution in [0.3, 0.4) is 0 Å². The standard InChI is InChI=1S/C36H48N2O3/c1-31(2)11-13-35(10-8-28(40)38-17-6-18-38)14-12-34(5)29(24(35)21-31)25(39)19-27-32(3)20-23(22-37)30(41)36(15-16-36)26(32)7-9-33(27,34)4/h19-20,24,26,29H,6-18,21H2,1-5H3/t24-,26+,29-,32-,33+,34+,35+/m0/s1. The summed E-state index contributed by atoms with van der Waals surface area (Å²) in [7, 11) is 0. The third-order valence-electron chi connectivity index (χ3n) is 14.5. The highest BCUT2D eigenvalue weighted by Crippen LogP contribution is 2.77. The molecule has 0 N–H and O–H groups in total. The van der Waals surface area contributed by atoms with Gasteiger partial charge in [0.25, 0.3) is 0 Å². The fourth-order valence-corrected chi connectivity index (χ4v) is 11.6. The van der Waals surface area contributed by atoms with Crippen molar-refractivity contribution in [3.05, 3.63) is 23.3 Å². The lowest BCUT2D eigenvalue weighted by atomic mass is 9.34. The SMILES string of the molecule is CC1(C)CC[C@]2(CCC(=O)N3CCC3)CC[C@]3(C)[C@H](C(=O)C=C4[C@@]5(C)C=C(C#N)C(=O)C6(CC6)[C@@H]5CC[C@]43C)[C@@H]2C1. The van der Waals surface area contributed by atoms with Crippen molar-refractivity contribution >= 4 is 17.5 Å². The lowest BCUT2D eigenvalue weighted by Gasteiger charge is -2.69. The van der Waals surface area contributed by atoms with E-state index >= 15 is 0 Å². The molecule has 0 unspecified atom stereocenters. The van der Waals surface area contributed by atoms with Gasteiger partial charge in [0.1, 0.15) is 6.07 Å². The van der Waals surface area contributed by atoms with Crippen molar-refractivity contribution in [1.29, 1.82) is 5.26 Å². The summed E-state index contributed by atoms with van der Waals surface area (Å²) in [4.78, 5) is 43.0. The van der Waals surface area contributed by atoms with Gasteiger partial charge in [0, 0.05) is 36.3 Å².